The van der Waals surface area contributed by atoms with E-state index in [2.05, 4.69) is 64.1 Å². The highest BCUT2D eigenvalue weighted by Gasteiger charge is 2.27. The Morgan fingerprint density at radius 2 is 1.77 bits per heavy atom. The fourth-order valence-corrected chi connectivity index (χ4v) is 5.95. The number of amides is 1. The SMILES string of the molecule is COCCCn1c(C2CCCN(C(=O)CCCc3ccc(-c4ccc(O)c(OC)c4)cc3)C2)cc2ccccc21. The fraction of sp³-hybridized carbons (Fsp3) is 0.382. The highest BCUT2D eigenvalue weighted by Crippen LogP contribution is 2.33. The molecule has 6 heteroatoms. The predicted molar refractivity (Wildman–Crippen MR) is 160 cm³/mol. The lowest BCUT2D eigenvalue weighted by Crippen LogP contribution is -2.39. The normalized spacial score (nSPS) is 15.4. The van der Waals surface area contributed by atoms with Crippen LogP contribution in [-0.4, -0.2) is 54.4 Å². The van der Waals surface area contributed by atoms with Crippen molar-refractivity contribution in [3.63, 3.8) is 0 Å². The van der Waals surface area contributed by atoms with Crippen LogP contribution in [0.3, 0.4) is 0 Å². The molecule has 0 spiro atoms. The number of carbonyl (C=O) groups is 1. The molecule has 5 rings (SSSR count). The number of hydrogen-bond donors (Lipinski definition) is 1. The number of rotatable bonds is 11. The highest BCUT2D eigenvalue weighted by molar-refractivity contribution is 5.81. The number of hydrogen-bond acceptors (Lipinski definition) is 4. The highest BCUT2D eigenvalue weighted by atomic mass is 16.5. The minimum Gasteiger partial charge on any atom is -0.504 e. The van der Waals surface area contributed by atoms with E-state index in [1.54, 1.807) is 20.3 Å². The lowest BCUT2D eigenvalue weighted by atomic mass is 9.94. The molecule has 6 nitrogen and oxygen atoms in total. The number of fused-ring (bicyclic) bond motifs is 1. The van der Waals surface area contributed by atoms with Crippen molar-refractivity contribution < 1.29 is 19.4 Å². The second-order valence-electron chi connectivity index (χ2n) is 10.7. The maximum absolute atomic E-state index is 13.2. The lowest BCUT2D eigenvalue weighted by molar-refractivity contribution is -0.132. The second kappa shape index (κ2) is 13.1. The summed E-state index contributed by atoms with van der Waals surface area (Å²) in [6.45, 7) is 3.32. The van der Waals surface area contributed by atoms with Crippen molar-refractivity contribution in [2.45, 2.75) is 51.0 Å². The van der Waals surface area contributed by atoms with Crippen LogP contribution in [0.5, 0.6) is 11.5 Å². The molecule has 4 aromatic rings. The van der Waals surface area contributed by atoms with Crippen LogP contribution in [-0.2, 0) is 22.5 Å². The zero-order chi connectivity index (χ0) is 27.9. The maximum atomic E-state index is 13.2. The van der Waals surface area contributed by atoms with Crippen molar-refractivity contribution >= 4 is 16.8 Å². The first-order chi connectivity index (χ1) is 19.6. The van der Waals surface area contributed by atoms with Gasteiger partial charge in [-0.15, -0.1) is 0 Å². The van der Waals surface area contributed by atoms with Gasteiger partial charge in [0.25, 0.3) is 0 Å². The molecule has 1 aliphatic heterocycles. The van der Waals surface area contributed by atoms with Crippen LogP contribution in [0.15, 0.2) is 72.8 Å². The van der Waals surface area contributed by atoms with Gasteiger partial charge in [-0.3, -0.25) is 4.79 Å². The van der Waals surface area contributed by atoms with Crippen molar-refractivity contribution in [2.75, 3.05) is 33.9 Å². The number of aryl methyl sites for hydroxylation is 2. The summed E-state index contributed by atoms with van der Waals surface area (Å²) in [6, 6.07) is 24.7. The zero-order valence-corrected chi connectivity index (χ0v) is 23.6. The summed E-state index contributed by atoms with van der Waals surface area (Å²) >= 11 is 0. The van der Waals surface area contributed by atoms with Crippen molar-refractivity contribution in [3.05, 3.63) is 84.1 Å². The minimum absolute atomic E-state index is 0.136. The summed E-state index contributed by atoms with van der Waals surface area (Å²) in [4.78, 5) is 15.3. The molecule has 1 fully saturated rings. The Labute approximate surface area is 237 Å². The van der Waals surface area contributed by atoms with Crippen LogP contribution in [0.4, 0.5) is 0 Å². The number of aromatic nitrogens is 1. The van der Waals surface area contributed by atoms with E-state index in [-0.39, 0.29) is 11.7 Å². The Hall–Kier alpha value is -3.77. The number of phenols is 1. The van der Waals surface area contributed by atoms with E-state index >= 15 is 0 Å². The summed E-state index contributed by atoms with van der Waals surface area (Å²) in [5.41, 5.74) is 5.90. The molecule has 210 valence electrons. The van der Waals surface area contributed by atoms with E-state index in [0.29, 0.717) is 18.1 Å². The van der Waals surface area contributed by atoms with Gasteiger partial charge in [-0.2, -0.15) is 0 Å². The van der Waals surface area contributed by atoms with Gasteiger partial charge in [0.1, 0.15) is 0 Å². The van der Waals surface area contributed by atoms with Crippen LogP contribution in [0.25, 0.3) is 22.0 Å². The monoisotopic (exact) mass is 540 g/mol. The van der Waals surface area contributed by atoms with Crippen LogP contribution in [0.2, 0.25) is 0 Å². The largest absolute Gasteiger partial charge is 0.504 e. The quantitative estimate of drug-likeness (QED) is 0.213. The Kier molecular flexibility index (Phi) is 9.07. The number of phenolic OH excluding ortho intramolecular Hbond substituents is 1. The number of piperidine rings is 1. The van der Waals surface area contributed by atoms with E-state index in [9.17, 15) is 9.90 Å². The third-order valence-corrected chi connectivity index (χ3v) is 8.09. The first-order valence-electron chi connectivity index (χ1n) is 14.4. The van der Waals surface area contributed by atoms with Gasteiger partial charge in [-0.05, 0) is 78.4 Å². The molecule has 1 atom stereocenters. The first-order valence-corrected chi connectivity index (χ1v) is 14.4. The average Bonchev–Trinajstić information content (AvgIpc) is 3.36. The summed E-state index contributed by atoms with van der Waals surface area (Å²) in [5, 5.41) is 11.1. The van der Waals surface area contributed by atoms with Gasteiger partial charge in [-0.1, -0.05) is 48.5 Å². The van der Waals surface area contributed by atoms with Crippen molar-refractivity contribution in [1.29, 1.82) is 0 Å². The van der Waals surface area contributed by atoms with Crippen molar-refractivity contribution in [3.8, 4) is 22.6 Å². The van der Waals surface area contributed by atoms with Gasteiger partial charge in [0, 0.05) is 56.9 Å². The van der Waals surface area contributed by atoms with Crippen LogP contribution < -0.4 is 4.74 Å². The van der Waals surface area contributed by atoms with Gasteiger partial charge < -0.3 is 24.0 Å². The molecular formula is C34H40N2O4. The molecule has 1 N–H and O–H groups in total. The third-order valence-electron chi connectivity index (χ3n) is 8.09. The van der Waals surface area contributed by atoms with Crippen LogP contribution in [0, 0.1) is 0 Å². The molecule has 1 aromatic heterocycles. The standard InChI is InChI=1S/C34H40N2O4/c1-39-21-7-20-36-30-11-4-3-9-28(30)22-31(36)29-10-6-19-35(24-29)34(38)12-5-8-25-13-15-26(16-14-25)27-17-18-32(37)33(23-27)40-2/h3-4,9,11,13-18,22-23,29,37H,5-8,10,12,19-21,24H2,1-2H3. The molecule has 3 aromatic carbocycles. The van der Waals surface area contributed by atoms with E-state index in [1.807, 2.05) is 12.1 Å². The molecule has 1 saturated heterocycles. The van der Waals surface area contributed by atoms with Gasteiger partial charge in [0.15, 0.2) is 11.5 Å². The van der Waals surface area contributed by atoms with E-state index in [4.69, 9.17) is 9.47 Å². The number of nitrogens with zero attached hydrogens (tertiary/aromatic N) is 2. The van der Waals surface area contributed by atoms with Gasteiger partial charge in [0.2, 0.25) is 5.91 Å². The number of benzene rings is 3. The zero-order valence-electron chi connectivity index (χ0n) is 23.6. The van der Waals surface area contributed by atoms with Crippen LogP contribution >= 0.6 is 0 Å². The van der Waals surface area contributed by atoms with E-state index < -0.39 is 0 Å². The Balaban J connectivity index is 1.17. The Morgan fingerprint density at radius 3 is 2.58 bits per heavy atom. The number of para-hydroxylation sites is 1. The molecule has 1 aliphatic rings. The molecule has 0 aliphatic carbocycles. The van der Waals surface area contributed by atoms with Crippen molar-refractivity contribution in [1.82, 2.24) is 9.47 Å². The van der Waals surface area contributed by atoms with Gasteiger partial charge in [-0.25, -0.2) is 0 Å². The van der Waals surface area contributed by atoms with Crippen LogP contribution in [0.1, 0.15) is 49.3 Å². The molecule has 40 heavy (non-hydrogen) atoms. The Bertz CT molecular complexity index is 1430. The maximum Gasteiger partial charge on any atom is 0.222 e. The molecule has 2 heterocycles. The predicted octanol–water partition coefficient (Wildman–Crippen LogP) is 6.79. The van der Waals surface area contributed by atoms with Crippen molar-refractivity contribution in [2.24, 2.45) is 0 Å². The minimum atomic E-state index is 0.136. The summed E-state index contributed by atoms with van der Waals surface area (Å²) in [7, 11) is 3.31. The van der Waals surface area contributed by atoms with Gasteiger partial charge >= 0.3 is 0 Å². The lowest BCUT2D eigenvalue weighted by Gasteiger charge is -2.33. The number of likely N-dealkylation sites (tertiary alicyclic amines) is 1. The van der Waals surface area contributed by atoms with E-state index in [0.717, 1.165) is 69.5 Å². The smallest absolute Gasteiger partial charge is 0.222 e. The molecule has 1 amide bonds. The van der Waals surface area contributed by atoms with E-state index in [1.165, 1.54) is 22.2 Å². The number of aromatic hydroxyl groups is 1. The molecule has 1 unspecified atom stereocenters. The molecule has 0 saturated carbocycles. The topological polar surface area (TPSA) is 63.9 Å². The first kappa shape index (κ1) is 27.8. The number of ether oxygens (including phenoxy) is 2. The fourth-order valence-electron chi connectivity index (χ4n) is 5.95. The third kappa shape index (κ3) is 6.34. The molecule has 0 radical (unpaired) electrons. The number of methoxy groups -OCH3 is 2. The average molecular weight is 541 g/mol. The summed E-state index contributed by atoms with van der Waals surface area (Å²) in [5.74, 6) is 1.22. The molecular weight excluding hydrogens is 500 g/mol. The summed E-state index contributed by atoms with van der Waals surface area (Å²) < 4.78 is 13.0. The number of carbonyl (C=O) groups excluding carboxylic acids is 1. The molecule has 0 bridgehead atoms. The second-order valence-corrected chi connectivity index (χ2v) is 10.7. The van der Waals surface area contributed by atoms with Gasteiger partial charge in [0.05, 0.1) is 7.11 Å². The summed E-state index contributed by atoms with van der Waals surface area (Å²) in [6.07, 6.45) is 5.41. The Morgan fingerprint density at radius 1 is 0.975 bits per heavy atom.